The van der Waals surface area contributed by atoms with Crippen molar-refractivity contribution in [3.63, 3.8) is 0 Å². The van der Waals surface area contributed by atoms with E-state index in [0.29, 0.717) is 35.1 Å². The summed E-state index contributed by atoms with van der Waals surface area (Å²) in [6, 6.07) is 20.3. The number of piperidine rings is 1. The van der Waals surface area contributed by atoms with Gasteiger partial charge in [0.2, 0.25) is 21.8 Å². The molecule has 0 aliphatic carbocycles. The molecule has 3 heterocycles. The number of aryl methyl sites for hydroxylation is 1. The Morgan fingerprint density at radius 3 is 2.37 bits per heavy atom. The third-order valence-electron chi connectivity index (χ3n) is 7.36. The maximum absolute atomic E-state index is 14.2. The summed E-state index contributed by atoms with van der Waals surface area (Å²) in [6.07, 6.45) is 6.09. The highest BCUT2D eigenvalue weighted by atomic mass is 32.2. The Kier molecular flexibility index (Phi) is 9.32. The van der Waals surface area contributed by atoms with Crippen molar-refractivity contribution in [2.45, 2.75) is 32.2 Å². The third-order valence-corrected chi connectivity index (χ3v) is 7.96. The van der Waals surface area contributed by atoms with Crippen LogP contribution in [-0.2, 0) is 21.4 Å². The zero-order valence-corrected chi connectivity index (χ0v) is 24.9. The van der Waals surface area contributed by atoms with Crippen LogP contribution in [0.1, 0.15) is 35.6 Å². The van der Waals surface area contributed by atoms with Crippen LogP contribution in [0.15, 0.2) is 85.2 Å². The number of halogens is 1. The zero-order valence-electron chi connectivity index (χ0n) is 24.0. The molecule has 2 N–H and O–H groups in total. The number of carbonyl (C=O) groups excluding carboxylic acids is 1. The first-order chi connectivity index (χ1) is 20.6. The largest absolute Gasteiger partial charge is 0.439 e. The van der Waals surface area contributed by atoms with E-state index in [1.165, 1.54) is 12.1 Å². The minimum atomic E-state index is -3.35. The van der Waals surface area contributed by atoms with Gasteiger partial charge in [-0.2, -0.15) is 0 Å². The number of ether oxygens (including phenoxy) is 1. The summed E-state index contributed by atoms with van der Waals surface area (Å²) in [5, 5.41) is 2.98. The first-order valence-corrected chi connectivity index (χ1v) is 15.9. The van der Waals surface area contributed by atoms with Gasteiger partial charge in [0.15, 0.2) is 0 Å². The molecule has 1 amide bonds. The second kappa shape index (κ2) is 13.3. The molecule has 43 heavy (non-hydrogen) atoms. The van der Waals surface area contributed by atoms with Crippen LogP contribution in [0.25, 0.3) is 0 Å². The summed E-state index contributed by atoms with van der Waals surface area (Å²) in [4.78, 5) is 24.5. The molecule has 1 unspecified atom stereocenters. The van der Waals surface area contributed by atoms with Gasteiger partial charge in [-0.1, -0.05) is 18.2 Å². The lowest BCUT2D eigenvalue weighted by Gasteiger charge is -2.35. The van der Waals surface area contributed by atoms with Crippen molar-refractivity contribution < 1.29 is 22.3 Å². The summed E-state index contributed by atoms with van der Waals surface area (Å²) in [7, 11) is -3.35. The molecule has 1 aliphatic heterocycles. The van der Waals surface area contributed by atoms with Gasteiger partial charge in [-0.25, -0.2) is 17.8 Å². The Hall–Kier alpha value is -4.35. The molecule has 0 saturated carbocycles. The number of nitrogens with one attached hydrogen (secondary N) is 2. The van der Waals surface area contributed by atoms with Crippen molar-refractivity contribution in [3.8, 4) is 11.6 Å². The summed E-state index contributed by atoms with van der Waals surface area (Å²) < 4.78 is 45.1. The fourth-order valence-electron chi connectivity index (χ4n) is 5.29. The molecule has 0 bridgehead atoms. The van der Waals surface area contributed by atoms with Gasteiger partial charge in [0.05, 0.1) is 24.1 Å². The molecule has 2 aromatic carbocycles. The summed E-state index contributed by atoms with van der Waals surface area (Å²) in [6.45, 7) is 4.18. The Bertz CT molecular complexity index is 1640. The molecule has 1 atom stereocenters. The third kappa shape index (κ3) is 8.59. The van der Waals surface area contributed by atoms with E-state index in [4.69, 9.17) is 4.74 Å². The Morgan fingerprint density at radius 1 is 1.00 bits per heavy atom. The fraction of sp³-hybridized carbons (Fsp3) is 0.281. The van der Waals surface area contributed by atoms with E-state index in [9.17, 15) is 17.6 Å². The predicted molar refractivity (Wildman–Crippen MR) is 164 cm³/mol. The van der Waals surface area contributed by atoms with Crippen LogP contribution in [-0.4, -0.2) is 48.5 Å². The van der Waals surface area contributed by atoms with Crippen molar-refractivity contribution in [2.75, 3.05) is 29.4 Å². The van der Waals surface area contributed by atoms with Crippen molar-refractivity contribution >= 4 is 27.3 Å². The Labute approximate surface area is 251 Å². The molecule has 11 heteroatoms. The molecule has 4 aromatic rings. The number of sulfonamides is 1. The molecule has 5 rings (SSSR count). The monoisotopic (exact) mass is 603 g/mol. The average Bonchev–Trinajstić information content (AvgIpc) is 2.97. The maximum Gasteiger partial charge on any atom is 0.232 e. The van der Waals surface area contributed by atoms with E-state index < -0.39 is 15.9 Å². The number of benzene rings is 2. The summed E-state index contributed by atoms with van der Waals surface area (Å²) in [5.74, 6) is 0.0372. The number of hydrogen-bond donors (Lipinski definition) is 2. The number of aromatic nitrogens is 2. The van der Waals surface area contributed by atoms with Gasteiger partial charge < -0.3 is 10.1 Å². The lowest BCUT2D eigenvalue weighted by Crippen LogP contribution is -2.38. The SMILES string of the molecule is Cc1ccc(NC(=O)C(c2cccc(F)c2)C2CCN(Cc3ccc(Oc4ccc(NS(C)(=O)=O)cc4)nc3)CC2)cn1. The molecule has 9 nitrogen and oxygen atoms in total. The average molecular weight is 604 g/mol. The van der Waals surface area contributed by atoms with Gasteiger partial charge in [0.25, 0.3) is 0 Å². The van der Waals surface area contributed by atoms with E-state index in [1.807, 2.05) is 31.2 Å². The van der Waals surface area contributed by atoms with Crippen molar-refractivity contribution in [3.05, 3.63) is 108 Å². The van der Waals surface area contributed by atoms with Gasteiger partial charge in [-0.15, -0.1) is 0 Å². The normalized spacial score (nSPS) is 15.0. The molecule has 2 aromatic heterocycles. The van der Waals surface area contributed by atoms with Gasteiger partial charge >= 0.3 is 0 Å². The number of hydrogen-bond acceptors (Lipinski definition) is 7. The number of pyridine rings is 2. The fourth-order valence-corrected chi connectivity index (χ4v) is 5.86. The van der Waals surface area contributed by atoms with Crippen LogP contribution in [0, 0.1) is 18.7 Å². The van der Waals surface area contributed by atoms with E-state index in [2.05, 4.69) is 24.9 Å². The molecule has 1 saturated heterocycles. The second-order valence-corrected chi connectivity index (χ2v) is 12.6. The predicted octanol–water partition coefficient (Wildman–Crippen LogP) is 5.72. The van der Waals surface area contributed by atoms with Crippen molar-refractivity contribution in [2.24, 2.45) is 5.92 Å². The maximum atomic E-state index is 14.2. The lowest BCUT2D eigenvalue weighted by molar-refractivity contribution is -0.119. The van der Waals surface area contributed by atoms with Gasteiger partial charge in [0.1, 0.15) is 11.6 Å². The first kappa shape index (κ1) is 30.1. The Morgan fingerprint density at radius 2 is 1.74 bits per heavy atom. The van der Waals surface area contributed by atoms with Gasteiger partial charge in [-0.3, -0.25) is 19.4 Å². The highest BCUT2D eigenvalue weighted by Gasteiger charge is 2.33. The molecule has 224 valence electrons. The van der Waals surface area contributed by atoms with Crippen molar-refractivity contribution in [1.29, 1.82) is 0 Å². The van der Waals surface area contributed by atoms with E-state index in [1.54, 1.807) is 48.8 Å². The zero-order chi connectivity index (χ0) is 30.4. The second-order valence-electron chi connectivity index (χ2n) is 10.8. The molecule has 0 spiro atoms. The first-order valence-electron chi connectivity index (χ1n) is 14.0. The molecule has 1 fully saturated rings. The van der Waals surface area contributed by atoms with E-state index in [-0.39, 0.29) is 17.6 Å². The van der Waals surface area contributed by atoms with E-state index in [0.717, 1.165) is 43.4 Å². The number of anilines is 2. The van der Waals surface area contributed by atoms with Crippen molar-refractivity contribution in [1.82, 2.24) is 14.9 Å². The standard InChI is InChI=1S/C32H34FN5O4S/c1-22-6-8-28(20-34-22)36-32(39)31(25-4-3-5-26(33)18-25)24-14-16-38(17-15-24)21-23-7-13-30(35-19-23)42-29-11-9-27(10-12-29)37-43(2,40)41/h3-13,18-20,24,31,37H,14-17,21H2,1-2H3,(H,36,39). The van der Waals surface area contributed by atoms with Crippen LogP contribution in [0.2, 0.25) is 0 Å². The Balaban J connectivity index is 1.18. The summed E-state index contributed by atoms with van der Waals surface area (Å²) in [5.41, 5.74) is 3.64. The highest BCUT2D eigenvalue weighted by molar-refractivity contribution is 7.92. The quantitative estimate of drug-likeness (QED) is 0.238. The van der Waals surface area contributed by atoms with Crippen LogP contribution in [0.5, 0.6) is 11.6 Å². The van der Waals surface area contributed by atoms with Gasteiger partial charge in [0, 0.05) is 30.2 Å². The number of carbonyl (C=O) groups is 1. The highest BCUT2D eigenvalue weighted by Crippen LogP contribution is 2.35. The molecular weight excluding hydrogens is 569 g/mol. The van der Waals surface area contributed by atoms with Gasteiger partial charge in [-0.05, 0) is 98.4 Å². The lowest BCUT2D eigenvalue weighted by atomic mass is 9.79. The number of amides is 1. The smallest absolute Gasteiger partial charge is 0.232 e. The minimum Gasteiger partial charge on any atom is -0.439 e. The summed E-state index contributed by atoms with van der Waals surface area (Å²) >= 11 is 0. The number of rotatable bonds is 10. The number of nitrogens with zero attached hydrogens (tertiary/aromatic N) is 3. The number of likely N-dealkylation sites (tertiary alicyclic amines) is 1. The van der Waals surface area contributed by atoms with Crippen LogP contribution in [0.3, 0.4) is 0 Å². The minimum absolute atomic E-state index is 0.0596. The molecule has 1 aliphatic rings. The van der Waals surface area contributed by atoms with Crippen LogP contribution >= 0.6 is 0 Å². The van der Waals surface area contributed by atoms with E-state index >= 15 is 0 Å². The van der Waals surface area contributed by atoms with Crippen LogP contribution in [0.4, 0.5) is 15.8 Å². The molecular formula is C32H34FN5O4S. The van der Waals surface area contributed by atoms with Crippen LogP contribution < -0.4 is 14.8 Å². The topological polar surface area (TPSA) is 114 Å². The molecule has 0 radical (unpaired) electrons.